The van der Waals surface area contributed by atoms with Gasteiger partial charge in [0.05, 0.1) is 6.10 Å². The van der Waals surface area contributed by atoms with Gasteiger partial charge >= 0.3 is 0 Å². The van der Waals surface area contributed by atoms with Gasteiger partial charge in [-0.05, 0) is 32.1 Å². The average Bonchev–Trinajstić information content (AvgIpc) is 2.56. The molecule has 0 bridgehead atoms. The lowest BCUT2D eigenvalue weighted by atomic mass is 10.2. The van der Waals surface area contributed by atoms with E-state index in [0.29, 0.717) is 8.50 Å². The van der Waals surface area contributed by atoms with Crippen LogP contribution in [0.15, 0.2) is 60.8 Å². The molecule has 0 aromatic heterocycles. The summed E-state index contributed by atoms with van der Waals surface area (Å²) in [7, 11) is 3.09. The Morgan fingerprint density at radius 2 is 1.65 bits per heavy atom. The Hall–Kier alpha value is -0.480. The zero-order valence-corrected chi connectivity index (χ0v) is 16.9. The van der Waals surface area contributed by atoms with Crippen molar-refractivity contribution in [3.8, 4) is 0 Å². The van der Waals surface area contributed by atoms with Crippen LogP contribution in [0.25, 0.3) is 0 Å². The van der Waals surface area contributed by atoms with Crippen molar-refractivity contribution in [3.05, 3.63) is 60.8 Å². The van der Waals surface area contributed by atoms with E-state index >= 15 is 0 Å². The molecular weight excluding hydrogens is 318 g/mol. The van der Waals surface area contributed by atoms with Crippen LogP contribution in [0.4, 0.5) is 0 Å². The van der Waals surface area contributed by atoms with Gasteiger partial charge in [0, 0.05) is 8.50 Å². The summed E-state index contributed by atoms with van der Waals surface area (Å²) in [5.41, 5.74) is 0. The fourth-order valence-electron chi connectivity index (χ4n) is 1.88. The van der Waals surface area contributed by atoms with Crippen LogP contribution in [0, 0.1) is 0 Å². The molecule has 0 aliphatic carbocycles. The van der Waals surface area contributed by atoms with E-state index in [1.165, 1.54) is 19.3 Å². The van der Waals surface area contributed by atoms with Gasteiger partial charge in [-0.25, -0.2) is 0 Å². The molecule has 0 amide bonds. The molecule has 130 valence electrons. The average molecular weight is 352 g/mol. The summed E-state index contributed by atoms with van der Waals surface area (Å²) in [4.78, 5) is 0. The Balaban J connectivity index is 3.87. The molecule has 0 radical (unpaired) electrons. The fraction of sp³-hybridized carbons (Fsp3) is 0.500. The topological polar surface area (TPSA) is 9.23 Å². The van der Waals surface area contributed by atoms with Crippen LogP contribution >= 0.6 is 17.4 Å². The van der Waals surface area contributed by atoms with Gasteiger partial charge in [0.15, 0.2) is 0 Å². The molecule has 0 aromatic carbocycles. The summed E-state index contributed by atoms with van der Waals surface area (Å²) >= 11 is 0. The Bertz CT molecular complexity index is 381. The van der Waals surface area contributed by atoms with E-state index in [2.05, 4.69) is 83.5 Å². The summed E-state index contributed by atoms with van der Waals surface area (Å²) in [5, 5.41) is 0. The highest BCUT2D eigenvalue weighted by molar-refractivity contribution is 8.00. The van der Waals surface area contributed by atoms with Gasteiger partial charge < -0.3 is 4.52 Å². The summed E-state index contributed by atoms with van der Waals surface area (Å²) in [6.45, 7) is 4.38. The lowest BCUT2D eigenvalue weighted by Crippen LogP contribution is -2.01. The van der Waals surface area contributed by atoms with E-state index in [9.17, 15) is 0 Å². The van der Waals surface area contributed by atoms with Crippen molar-refractivity contribution < 1.29 is 4.52 Å². The van der Waals surface area contributed by atoms with Crippen LogP contribution in [0.2, 0.25) is 0 Å². The summed E-state index contributed by atoms with van der Waals surface area (Å²) in [5.74, 6) is 0. The number of hydrogen-bond donors (Lipinski definition) is 0. The maximum absolute atomic E-state index is 5.69. The minimum absolute atomic E-state index is 0.182. The van der Waals surface area contributed by atoms with E-state index < -0.39 is 0 Å². The quantitative estimate of drug-likeness (QED) is 0.138. The second-order valence-electron chi connectivity index (χ2n) is 5.26. The first-order valence-corrected chi connectivity index (χ1v) is 11.5. The molecule has 0 aliphatic rings. The van der Waals surface area contributed by atoms with Crippen molar-refractivity contribution in [2.45, 2.75) is 64.9 Å². The zero-order chi connectivity index (χ0) is 17.0. The molecule has 0 fully saturated rings. The number of allylic oxidation sites excluding steroid dienone is 8. The van der Waals surface area contributed by atoms with Crippen LogP contribution in [0.5, 0.6) is 0 Å². The van der Waals surface area contributed by atoms with Crippen LogP contribution in [-0.4, -0.2) is 6.10 Å². The summed E-state index contributed by atoms with van der Waals surface area (Å²) in [6, 6.07) is 0. The first-order valence-electron chi connectivity index (χ1n) is 8.74. The van der Waals surface area contributed by atoms with Crippen LogP contribution in [0.3, 0.4) is 0 Å². The fourth-order valence-corrected chi connectivity index (χ4v) is 2.76. The highest BCUT2D eigenvalue weighted by Gasteiger charge is 1.99. The molecule has 0 saturated carbocycles. The van der Waals surface area contributed by atoms with E-state index in [-0.39, 0.29) is 6.10 Å². The van der Waals surface area contributed by atoms with E-state index in [1.807, 2.05) is 0 Å². The molecule has 0 aliphatic heterocycles. The third kappa shape index (κ3) is 17.7. The zero-order valence-electron chi connectivity index (χ0n) is 14.8. The third-order valence-electron chi connectivity index (χ3n) is 3.17. The molecule has 0 spiro atoms. The van der Waals surface area contributed by atoms with Gasteiger partial charge in [-0.2, -0.15) is 0 Å². The minimum Gasteiger partial charge on any atom is -0.351 e. The molecule has 0 aromatic rings. The van der Waals surface area contributed by atoms with Crippen molar-refractivity contribution >= 4 is 17.4 Å². The standard InChI is InChI=1S/C20H34OP2/c1-3-5-7-8-9-10-11-12-13-14-15-17-19-20(21-23-22)18-16-6-4-2/h6,8-9,11-12,14-17,19-20,23H,3-5,7,10,13,18,22H2,1-2H3/b9-8-,12-11-,15-14-,16-6-,19-17+. The molecule has 0 heterocycles. The largest absolute Gasteiger partial charge is 0.351 e. The monoisotopic (exact) mass is 352 g/mol. The van der Waals surface area contributed by atoms with Crippen molar-refractivity contribution in [3.63, 3.8) is 0 Å². The maximum Gasteiger partial charge on any atom is 0.0836 e. The van der Waals surface area contributed by atoms with Crippen LogP contribution in [-0.2, 0) is 4.52 Å². The lowest BCUT2D eigenvalue weighted by Gasteiger charge is -2.09. The minimum atomic E-state index is 0.182. The number of unbranched alkanes of at least 4 members (excludes halogenated alkanes) is 2. The molecule has 3 unspecified atom stereocenters. The normalized spacial score (nSPS) is 14.9. The first-order chi connectivity index (χ1) is 11.3. The van der Waals surface area contributed by atoms with Gasteiger partial charge in [-0.1, -0.05) is 96.4 Å². The predicted octanol–water partition coefficient (Wildman–Crippen LogP) is 7.31. The van der Waals surface area contributed by atoms with Gasteiger partial charge in [0.2, 0.25) is 0 Å². The van der Waals surface area contributed by atoms with Gasteiger partial charge in [0.25, 0.3) is 0 Å². The third-order valence-corrected chi connectivity index (χ3v) is 4.01. The molecule has 3 atom stereocenters. The Labute approximate surface area is 148 Å². The molecule has 1 nitrogen and oxygen atoms in total. The highest BCUT2D eigenvalue weighted by atomic mass is 32.0. The molecule has 3 heteroatoms. The van der Waals surface area contributed by atoms with Gasteiger partial charge in [0.1, 0.15) is 0 Å². The number of rotatable bonds is 14. The lowest BCUT2D eigenvalue weighted by molar-refractivity contribution is 0.296. The Morgan fingerprint density at radius 1 is 0.913 bits per heavy atom. The Morgan fingerprint density at radius 3 is 2.35 bits per heavy atom. The smallest absolute Gasteiger partial charge is 0.0836 e. The van der Waals surface area contributed by atoms with Crippen molar-refractivity contribution in [2.75, 3.05) is 0 Å². The van der Waals surface area contributed by atoms with Gasteiger partial charge in [-0.3, -0.25) is 0 Å². The molecule has 23 heavy (non-hydrogen) atoms. The highest BCUT2D eigenvalue weighted by Crippen LogP contribution is 2.25. The first kappa shape index (κ1) is 22.5. The second-order valence-corrected chi connectivity index (χ2v) is 6.44. The van der Waals surface area contributed by atoms with E-state index in [0.717, 1.165) is 25.7 Å². The van der Waals surface area contributed by atoms with Crippen molar-refractivity contribution in [2.24, 2.45) is 0 Å². The summed E-state index contributed by atoms with van der Waals surface area (Å²) < 4.78 is 5.69. The van der Waals surface area contributed by atoms with Crippen molar-refractivity contribution in [1.29, 1.82) is 0 Å². The maximum atomic E-state index is 5.69. The SMILES string of the molecule is CC/C=C\CC(/C=C/C=C\C/C=C\C/C=C\CCCC)OPP. The second kappa shape index (κ2) is 19.6. The molecule has 0 rings (SSSR count). The van der Waals surface area contributed by atoms with Crippen LogP contribution < -0.4 is 0 Å². The summed E-state index contributed by atoms with van der Waals surface area (Å²) in [6.07, 6.45) is 29.9. The van der Waals surface area contributed by atoms with E-state index in [1.54, 1.807) is 0 Å². The molecule has 0 N–H and O–H groups in total. The number of hydrogen-bond acceptors (Lipinski definition) is 1. The predicted molar refractivity (Wildman–Crippen MR) is 112 cm³/mol. The van der Waals surface area contributed by atoms with E-state index in [4.69, 9.17) is 4.52 Å². The van der Waals surface area contributed by atoms with Crippen molar-refractivity contribution in [1.82, 2.24) is 0 Å². The van der Waals surface area contributed by atoms with Crippen LogP contribution in [0.1, 0.15) is 58.8 Å². The Kier molecular flexibility index (Phi) is 19.2. The molecular formula is C20H34OP2. The van der Waals surface area contributed by atoms with Gasteiger partial charge in [-0.15, -0.1) is 0 Å². The molecule has 0 saturated heterocycles.